The molecule has 0 aromatic heterocycles. The molecule has 0 unspecified atom stereocenters. The van der Waals surface area contributed by atoms with Crippen LogP contribution in [0.1, 0.15) is 5.56 Å². The fourth-order valence-corrected chi connectivity index (χ4v) is 3.03. The van der Waals surface area contributed by atoms with Crippen molar-refractivity contribution in [2.45, 2.75) is 4.90 Å². The summed E-state index contributed by atoms with van der Waals surface area (Å²) in [4.78, 5) is 11.9. The molecule has 0 saturated carbocycles. The molecule has 138 valence electrons. The first-order valence-corrected chi connectivity index (χ1v) is 8.95. The van der Waals surface area contributed by atoms with Gasteiger partial charge in [-0.2, -0.15) is 13.5 Å². The minimum Gasteiger partial charge on any atom is -0.500 e. The van der Waals surface area contributed by atoms with Gasteiger partial charge in [0.15, 0.2) is 5.75 Å². The minimum absolute atomic E-state index is 0.0532. The average Bonchev–Trinajstić information content (AvgIpc) is 2.58. The second-order valence-electron chi connectivity index (χ2n) is 4.78. The van der Waals surface area contributed by atoms with Crippen molar-refractivity contribution < 1.29 is 23.2 Å². The number of ether oxygens (including phenoxy) is 1. The Bertz CT molecular complexity index is 994. The monoisotopic (exact) mass is 419 g/mol. The van der Waals surface area contributed by atoms with Crippen LogP contribution < -0.4 is 9.57 Å². The van der Waals surface area contributed by atoms with Crippen molar-refractivity contribution in [3.63, 3.8) is 0 Å². The molecule has 0 aliphatic heterocycles. The number of nitrogens with zero attached hydrogens (tertiary/aromatic N) is 2. The molecule has 0 heterocycles. The summed E-state index contributed by atoms with van der Waals surface area (Å²) in [5, 5.41) is 24.4. The number of benzene rings is 2. The molecule has 2 aromatic rings. The van der Waals surface area contributed by atoms with Crippen molar-refractivity contribution in [1.82, 2.24) is 4.83 Å². The number of nitrogens with one attached hydrogen (secondary N) is 1. The molecule has 0 aliphatic rings. The summed E-state index contributed by atoms with van der Waals surface area (Å²) in [6.07, 6.45) is 1.02. The van der Waals surface area contributed by atoms with Gasteiger partial charge in [-0.1, -0.05) is 23.2 Å². The van der Waals surface area contributed by atoms with Crippen LogP contribution in [0.2, 0.25) is 10.0 Å². The van der Waals surface area contributed by atoms with E-state index >= 15 is 0 Å². The lowest BCUT2D eigenvalue weighted by Crippen LogP contribution is -2.18. The van der Waals surface area contributed by atoms with Crippen LogP contribution in [0.25, 0.3) is 0 Å². The van der Waals surface area contributed by atoms with Crippen LogP contribution in [0, 0.1) is 10.1 Å². The first kappa shape index (κ1) is 19.8. The van der Waals surface area contributed by atoms with E-state index < -0.39 is 26.4 Å². The summed E-state index contributed by atoms with van der Waals surface area (Å²) in [5.41, 5.74) is -0.485. The van der Waals surface area contributed by atoms with Crippen LogP contribution in [0.5, 0.6) is 11.5 Å². The Kier molecular flexibility index (Phi) is 5.90. The maximum Gasteiger partial charge on any atom is 0.315 e. The Morgan fingerprint density at radius 2 is 1.96 bits per heavy atom. The molecule has 12 heteroatoms. The van der Waals surface area contributed by atoms with E-state index in [1.165, 1.54) is 25.3 Å². The second kappa shape index (κ2) is 7.77. The molecule has 0 spiro atoms. The molecule has 0 atom stereocenters. The molecule has 0 bridgehead atoms. The van der Waals surface area contributed by atoms with Crippen LogP contribution in [-0.2, 0) is 10.0 Å². The molecule has 2 N–H and O–H groups in total. The van der Waals surface area contributed by atoms with E-state index in [2.05, 4.69) is 5.10 Å². The summed E-state index contributed by atoms with van der Waals surface area (Å²) in [7, 11) is -2.81. The third kappa shape index (κ3) is 4.34. The topological polar surface area (TPSA) is 131 Å². The number of phenolic OH excluding ortho intramolecular Hbond substituents is 1. The SMILES string of the molecule is COc1cc(/C=N/NS(=O)(=O)c2ccc(Cl)c(Cl)c2)cc([N+](=O)[O-])c1O. The molecular formula is C14H11Cl2N3O6S. The zero-order valence-corrected chi connectivity index (χ0v) is 15.3. The zero-order chi connectivity index (χ0) is 19.5. The molecule has 9 nitrogen and oxygen atoms in total. The normalized spacial score (nSPS) is 11.5. The van der Waals surface area contributed by atoms with E-state index in [0.29, 0.717) is 0 Å². The molecule has 2 rings (SSSR count). The summed E-state index contributed by atoms with van der Waals surface area (Å²) in [6.45, 7) is 0. The Hall–Kier alpha value is -2.56. The Morgan fingerprint density at radius 1 is 1.27 bits per heavy atom. The van der Waals surface area contributed by atoms with Crippen molar-refractivity contribution in [2.24, 2.45) is 5.10 Å². The smallest absolute Gasteiger partial charge is 0.315 e. The molecular weight excluding hydrogens is 409 g/mol. The average molecular weight is 420 g/mol. The van der Waals surface area contributed by atoms with Gasteiger partial charge in [0, 0.05) is 11.6 Å². The van der Waals surface area contributed by atoms with Gasteiger partial charge in [0.05, 0.1) is 33.2 Å². The molecule has 0 amide bonds. The van der Waals surface area contributed by atoms with Gasteiger partial charge >= 0.3 is 5.69 Å². The molecule has 2 aromatic carbocycles. The van der Waals surface area contributed by atoms with Crippen molar-refractivity contribution >= 4 is 45.1 Å². The Balaban J connectivity index is 2.28. The summed E-state index contributed by atoms with van der Waals surface area (Å²) >= 11 is 11.5. The van der Waals surface area contributed by atoms with Gasteiger partial charge in [-0.05, 0) is 24.3 Å². The first-order chi connectivity index (χ1) is 12.2. The number of phenols is 1. The third-order valence-electron chi connectivity index (χ3n) is 3.08. The molecule has 26 heavy (non-hydrogen) atoms. The highest BCUT2D eigenvalue weighted by molar-refractivity contribution is 7.89. The van der Waals surface area contributed by atoms with E-state index in [1.54, 1.807) is 0 Å². The number of halogens is 2. The van der Waals surface area contributed by atoms with Gasteiger partial charge in [0.2, 0.25) is 5.75 Å². The lowest BCUT2D eigenvalue weighted by molar-refractivity contribution is -0.386. The highest BCUT2D eigenvalue weighted by atomic mass is 35.5. The highest BCUT2D eigenvalue weighted by Crippen LogP contribution is 2.36. The molecule has 0 radical (unpaired) electrons. The van der Waals surface area contributed by atoms with Gasteiger partial charge in [0.25, 0.3) is 10.0 Å². The van der Waals surface area contributed by atoms with Crippen molar-refractivity contribution in [3.8, 4) is 11.5 Å². The van der Waals surface area contributed by atoms with E-state index in [0.717, 1.165) is 18.3 Å². The Labute approximate surface area is 158 Å². The van der Waals surface area contributed by atoms with Gasteiger partial charge < -0.3 is 9.84 Å². The quantitative estimate of drug-likeness (QED) is 0.420. The largest absolute Gasteiger partial charge is 0.500 e. The third-order valence-corrected chi connectivity index (χ3v) is 5.04. The number of hydrogen-bond donors (Lipinski definition) is 2. The highest BCUT2D eigenvalue weighted by Gasteiger charge is 2.19. The number of sulfonamides is 1. The second-order valence-corrected chi connectivity index (χ2v) is 7.25. The minimum atomic E-state index is -4.03. The van der Waals surface area contributed by atoms with E-state index in [-0.39, 0.29) is 26.3 Å². The van der Waals surface area contributed by atoms with Crippen LogP contribution in [0.4, 0.5) is 5.69 Å². The molecule has 0 saturated heterocycles. The number of nitro benzene ring substituents is 1. The predicted molar refractivity (Wildman–Crippen MR) is 95.7 cm³/mol. The molecule has 0 aliphatic carbocycles. The van der Waals surface area contributed by atoms with Gasteiger partial charge in [-0.15, -0.1) is 0 Å². The summed E-state index contributed by atoms with van der Waals surface area (Å²) in [6, 6.07) is 5.96. The fraction of sp³-hybridized carbons (Fsp3) is 0.0714. The maximum atomic E-state index is 12.1. The Morgan fingerprint density at radius 3 is 2.54 bits per heavy atom. The van der Waals surface area contributed by atoms with Crippen LogP contribution in [-0.4, -0.2) is 31.8 Å². The van der Waals surface area contributed by atoms with E-state index in [4.69, 9.17) is 27.9 Å². The lowest BCUT2D eigenvalue weighted by atomic mass is 10.2. The van der Waals surface area contributed by atoms with Crippen molar-refractivity contribution in [1.29, 1.82) is 0 Å². The van der Waals surface area contributed by atoms with Crippen molar-refractivity contribution in [3.05, 3.63) is 56.1 Å². The number of rotatable bonds is 6. The van der Waals surface area contributed by atoms with Crippen molar-refractivity contribution in [2.75, 3.05) is 7.11 Å². The fourth-order valence-electron chi connectivity index (χ4n) is 1.85. The van der Waals surface area contributed by atoms with E-state index in [9.17, 15) is 23.6 Å². The predicted octanol–water partition coefficient (Wildman–Crippen LogP) is 2.93. The number of hydrogen-bond acceptors (Lipinski definition) is 7. The zero-order valence-electron chi connectivity index (χ0n) is 13.0. The summed E-state index contributed by atoms with van der Waals surface area (Å²) < 4.78 is 29.1. The number of nitro groups is 1. The van der Waals surface area contributed by atoms with Crippen LogP contribution in [0.3, 0.4) is 0 Å². The van der Waals surface area contributed by atoms with Gasteiger partial charge in [-0.25, -0.2) is 4.83 Å². The molecule has 0 fully saturated rings. The van der Waals surface area contributed by atoms with Crippen LogP contribution in [0.15, 0.2) is 40.3 Å². The van der Waals surface area contributed by atoms with Crippen LogP contribution >= 0.6 is 23.2 Å². The lowest BCUT2D eigenvalue weighted by Gasteiger charge is -2.06. The number of methoxy groups -OCH3 is 1. The summed E-state index contributed by atoms with van der Waals surface area (Å²) in [5.74, 6) is -0.806. The van der Waals surface area contributed by atoms with Gasteiger partial charge in [0.1, 0.15) is 0 Å². The van der Waals surface area contributed by atoms with Gasteiger partial charge in [-0.3, -0.25) is 10.1 Å². The number of aromatic hydroxyl groups is 1. The number of hydrazone groups is 1. The standard InChI is InChI=1S/C14H11Cl2N3O6S/c1-25-13-5-8(4-12(14(13)20)19(21)22)7-17-18-26(23,24)9-2-3-10(15)11(16)6-9/h2-7,18,20H,1H3/b17-7+. The van der Waals surface area contributed by atoms with E-state index in [1.807, 2.05) is 4.83 Å². The first-order valence-electron chi connectivity index (χ1n) is 6.71. The maximum absolute atomic E-state index is 12.1.